The highest BCUT2D eigenvalue weighted by atomic mass is 32.2. The third-order valence-corrected chi connectivity index (χ3v) is 4.60. The summed E-state index contributed by atoms with van der Waals surface area (Å²) in [7, 11) is -1.22. The van der Waals surface area contributed by atoms with Crippen molar-refractivity contribution in [3.63, 3.8) is 0 Å². The first-order valence-corrected chi connectivity index (χ1v) is 7.39. The van der Waals surface area contributed by atoms with Gasteiger partial charge in [0.25, 0.3) is 0 Å². The molecule has 6 heteroatoms. The Hall–Kier alpha value is -1.30. The van der Waals surface area contributed by atoms with Gasteiger partial charge in [-0.2, -0.15) is 0 Å². The Kier molecular flexibility index (Phi) is 3.51. The monoisotopic (exact) mass is 256 g/mol. The predicted octanol–water partition coefficient (Wildman–Crippen LogP) is 1.08. The fourth-order valence-corrected chi connectivity index (χ4v) is 3.38. The SMILES string of the molecule is COc1cccnc1NC1CCS(=O)(=O)CC1. The number of aromatic nitrogens is 1. The van der Waals surface area contributed by atoms with Crippen LogP contribution >= 0.6 is 0 Å². The molecule has 0 spiro atoms. The highest BCUT2D eigenvalue weighted by Gasteiger charge is 2.24. The van der Waals surface area contributed by atoms with Crippen LogP contribution in [-0.2, 0) is 9.84 Å². The minimum Gasteiger partial charge on any atom is -0.493 e. The average molecular weight is 256 g/mol. The lowest BCUT2D eigenvalue weighted by Crippen LogP contribution is -2.32. The van der Waals surface area contributed by atoms with Crippen LogP contribution in [-0.4, -0.2) is 38.1 Å². The molecule has 1 aromatic heterocycles. The number of hydrogen-bond acceptors (Lipinski definition) is 5. The van der Waals surface area contributed by atoms with E-state index in [4.69, 9.17) is 4.74 Å². The van der Waals surface area contributed by atoms with Crippen molar-refractivity contribution in [2.45, 2.75) is 18.9 Å². The molecule has 0 unspecified atom stereocenters. The molecule has 1 fully saturated rings. The summed E-state index contributed by atoms with van der Waals surface area (Å²) in [5.41, 5.74) is 0. The number of hydrogen-bond donors (Lipinski definition) is 1. The molecule has 1 aliphatic heterocycles. The summed E-state index contributed by atoms with van der Waals surface area (Å²) in [6.45, 7) is 0. The third-order valence-electron chi connectivity index (χ3n) is 2.89. The van der Waals surface area contributed by atoms with Gasteiger partial charge in [0.05, 0.1) is 18.6 Å². The molecule has 0 bridgehead atoms. The van der Waals surface area contributed by atoms with Crippen molar-refractivity contribution in [2.24, 2.45) is 0 Å². The molecule has 0 aromatic carbocycles. The van der Waals surface area contributed by atoms with E-state index in [0.717, 1.165) is 0 Å². The van der Waals surface area contributed by atoms with E-state index in [0.29, 0.717) is 24.4 Å². The van der Waals surface area contributed by atoms with Crippen LogP contribution in [0.2, 0.25) is 0 Å². The van der Waals surface area contributed by atoms with Gasteiger partial charge in [-0.3, -0.25) is 0 Å². The van der Waals surface area contributed by atoms with Crippen molar-refractivity contribution < 1.29 is 13.2 Å². The van der Waals surface area contributed by atoms with Crippen molar-refractivity contribution >= 4 is 15.7 Å². The molecule has 1 aliphatic rings. The first-order chi connectivity index (χ1) is 8.11. The minimum atomic E-state index is -2.82. The normalized spacial score (nSPS) is 19.8. The number of nitrogens with zero attached hydrogens (tertiary/aromatic N) is 1. The quantitative estimate of drug-likeness (QED) is 0.876. The van der Waals surface area contributed by atoms with E-state index in [1.165, 1.54) is 0 Å². The molecule has 2 rings (SSSR count). The fraction of sp³-hybridized carbons (Fsp3) is 0.545. The molecule has 0 atom stereocenters. The second-order valence-corrected chi connectivity index (χ2v) is 6.43. The summed E-state index contributed by atoms with van der Waals surface area (Å²) in [5, 5.41) is 3.24. The van der Waals surface area contributed by atoms with Gasteiger partial charge in [-0.05, 0) is 25.0 Å². The Morgan fingerprint density at radius 1 is 1.41 bits per heavy atom. The van der Waals surface area contributed by atoms with Crippen LogP contribution in [0.5, 0.6) is 5.75 Å². The summed E-state index contributed by atoms with van der Waals surface area (Å²) in [5.74, 6) is 1.86. The fourth-order valence-electron chi connectivity index (χ4n) is 1.89. The van der Waals surface area contributed by atoms with Gasteiger partial charge in [0.15, 0.2) is 11.6 Å². The number of rotatable bonds is 3. The molecule has 1 saturated heterocycles. The van der Waals surface area contributed by atoms with E-state index >= 15 is 0 Å². The van der Waals surface area contributed by atoms with Crippen LogP contribution in [0.4, 0.5) is 5.82 Å². The summed E-state index contributed by atoms with van der Waals surface area (Å²) >= 11 is 0. The Balaban J connectivity index is 2.02. The summed E-state index contributed by atoms with van der Waals surface area (Å²) in [6, 6.07) is 3.78. The van der Waals surface area contributed by atoms with Crippen molar-refractivity contribution in [2.75, 3.05) is 23.9 Å². The highest BCUT2D eigenvalue weighted by Crippen LogP contribution is 2.23. The van der Waals surface area contributed by atoms with Crippen LogP contribution in [0.25, 0.3) is 0 Å². The highest BCUT2D eigenvalue weighted by molar-refractivity contribution is 7.91. The molecular formula is C11H16N2O3S. The third kappa shape index (κ3) is 3.09. The Bertz CT molecular complexity index is 473. The topological polar surface area (TPSA) is 68.3 Å². The van der Waals surface area contributed by atoms with Gasteiger partial charge in [0, 0.05) is 12.2 Å². The number of pyridine rings is 1. The number of sulfone groups is 1. The van der Waals surface area contributed by atoms with Gasteiger partial charge in [-0.1, -0.05) is 0 Å². The maximum Gasteiger partial charge on any atom is 0.168 e. The van der Waals surface area contributed by atoms with E-state index in [9.17, 15) is 8.42 Å². The lowest BCUT2D eigenvalue weighted by Gasteiger charge is -2.24. The van der Waals surface area contributed by atoms with Crippen LogP contribution < -0.4 is 10.1 Å². The zero-order valence-corrected chi connectivity index (χ0v) is 10.5. The van der Waals surface area contributed by atoms with Crippen molar-refractivity contribution in [1.82, 2.24) is 4.98 Å². The first kappa shape index (κ1) is 12.2. The lowest BCUT2D eigenvalue weighted by molar-refractivity contribution is 0.414. The average Bonchev–Trinajstić information content (AvgIpc) is 2.32. The zero-order valence-electron chi connectivity index (χ0n) is 9.72. The summed E-state index contributed by atoms with van der Waals surface area (Å²) < 4.78 is 27.8. The smallest absolute Gasteiger partial charge is 0.168 e. The number of methoxy groups -OCH3 is 1. The van der Waals surface area contributed by atoms with Crippen LogP contribution in [0.1, 0.15) is 12.8 Å². The molecule has 1 aromatic rings. The lowest BCUT2D eigenvalue weighted by atomic mass is 10.1. The standard InChI is InChI=1S/C11H16N2O3S/c1-16-10-3-2-6-12-11(10)13-9-4-7-17(14,15)8-5-9/h2-3,6,9H,4-5,7-8H2,1H3,(H,12,13). The molecule has 94 valence electrons. The van der Waals surface area contributed by atoms with Gasteiger partial charge in [-0.25, -0.2) is 13.4 Å². The summed E-state index contributed by atoms with van der Waals surface area (Å²) in [4.78, 5) is 4.19. The number of nitrogens with one attached hydrogen (secondary N) is 1. The van der Waals surface area contributed by atoms with Crippen LogP contribution in [0, 0.1) is 0 Å². The van der Waals surface area contributed by atoms with Crippen molar-refractivity contribution in [1.29, 1.82) is 0 Å². The molecule has 2 heterocycles. The van der Waals surface area contributed by atoms with Crippen molar-refractivity contribution in [3.8, 4) is 5.75 Å². The van der Waals surface area contributed by atoms with E-state index in [1.54, 1.807) is 19.4 Å². The molecule has 1 N–H and O–H groups in total. The van der Waals surface area contributed by atoms with Gasteiger partial charge in [-0.15, -0.1) is 0 Å². The van der Waals surface area contributed by atoms with Gasteiger partial charge < -0.3 is 10.1 Å². The first-order valence-electron chi connectivity index (χ1n) is 5.57. The van der Waals surface area contributed by atoms with E-state index in [2.05, 4.69) is 10.3 Å². The Labute approximate surface area is 101 Å². The summed E-state index contributed by atoms with van der Waals surface area (Å²) in [6.07, 6.45) is 2.94. The van der Waals surface area contributed by atoms with Gasteiger partial charge in [0.1, 0.15) is 9.84 Å². The minimum absolute atomic E-state index is 0.155. The molecule has 0 saturated carbocycles. The second-order valence-electron chi connectivity index (χ2n) is 4.12. The van der Waals surface area contributed by atoms with E-state index in [-0.39, 0.29) is 17.5 Å². The van der Waals surface area contributed by atoms with E-state index < -0.39 is 9.84 Å². The molecular weight excluding hydrogens is 240 g/mol. The van der Waals surface area contributed by atoms with E-state index in [1.807, 2.05) is 6.07 Å². The second kappa shape index (κ2) is 4.91. The molecule has 17 heavy (non-hydrogen) atoms. The zero-order chi connectivity index (χ0) is 12.3. The molecule has 0 aliphatic carbocycles. The largest absolute Gasteiger partial charge is 0.493 e. The predicted molar refractivity (Wildman–Crippen MR) is 66.1 cm³/mol. The van der Waals surface area contributed by atoms with Crippen LogP contribution in [0.3, 0.4) is 0 Å². The maximum absolute atomic E-state index is 11.3. The number of anilines is 1. The molecule has 0 amide bonds. The van der Waals surface area contributed by atoms with Gasteiger partial charge >= 0.3 is 0 Å². The molecule has 5 nitrogen and oxygen atoms in total. The maximum atomic E-state index is 11.3. The number of ether oxygens (including phenoxy) is 1. The van der Waals surface area contributed by atoms with Crippen LogP contribution in [0.15, 0.2) is 18.3 Å². The Morgan fingerprint density at radius 2 is 2.12 bits per heavy atom. The van der Waals surface area contributed by atoms with Gasteiger partial charge in [0.2, 0.25) is 0 Å². The Morgan fingerprint density at radius 3 is 2.76 bits per heavy atom. The molecule has 0 radical (unpaired) electrons. The van der Waals surface area contributed by atoms with Crippen molar-refractivity contribution in [3.05, 3.63) is 18.3 Å².